The number of benzene rings is 1. The van der Waals surface area contributed by atoms with Gasteiger partial charge in [0.05, 0.1) is 31.3 Å². The van der Waals surface area contributed by atoms with E-state index in [0.29, 0.717) is 19.8 Å². The number of ether oxygens (including phenoxy) is 3. The summed E-state index contributed by atoms with van der Waals surface area (Å²) in [6, 6.07) is 5.72. The highest BCUT2D eigenvalue weighted by Crippen LogP contribution is 2.34. The Labute approximate surface area is 109 Å². The Balaban J connectivity index is 2.33. The first-order valence-electron chi connectivity index (χ1n) is 5.54. The summed E-state index contributed by atoms with van der Waals surface area (Å²) >= 11 is 3.45. The molecule has 0 aromatic heterocycles. The van der Waals surface area contributed by atoms with Crippen molar-refractivity contribution in [3.8, 4) is 5.75 Å². The van der Waals surface area contributed by atoms with Gasteiger partial charge >= 0.3 is 0 Å². The Morgan fingerprint density at radius 3 is 2.65 bits per heavy atom. The van der Waals surface area contributed by atoms with Gasteiger partial charge in [0.1, 0.15) is 5.75 Å². The van der Waals surface area contributed by atoms with Crippen LogP contribution in [0.5, 0.6) is 5.75 Å². The molecule has 2 rings (SSSR count). The Morgan fingerprint density at radius 1 is 1.41 bits per heavy atom. The fraction of sp³-hybridized carbons (Fsp3) is 0.500. The van der Waals surface area contributed by atoms with Gasteiger partial charge in [-0.15, -0.1) is 0 Å². The van der Waals surface area contributed by atoms with Crippen molar-refractivity contribution >= 4 is 15.9 Å². The van der Waals surface area contributed by atoms with Crippen LogP contribution in [0.15, 0.2) is 22.7 Å². The zero-order chi connectivity index (χ0) is 12.3. The van der Waals surface area contributed by atoms with Gasteiger partial charge in [0.2, 0.25) is 5.79 Å². The van der Waals surface area contributed by atoms with Crippen LogP contribution < -0.4 is 10.5 Å². The van der Waals surface area contributed by atoms with E-state index >= 15 is 0 Å². The Bertz CT molecular complexity index is 391. The van der Waals surface area contributed by atoms with Crippen molar-refractivity contribution < 1.29 is 14.2 Å². The molecule has 1 aliphatic rings. The van der Waals surface area contributed by atoms with Gasteiger partial charge in [-0.2, -0.15) is 0 Å². The van der Waals surface area contributed by atoms with Gasteiger partial charge in [-0.25, -0.2) is 0 Å². The van der Waals surface area contributed by atoms with Crippen LogP contribution in [0.3, 0.4) is 0 Å². The van der Waals surface area contributed by atoms with Gasteiger partial charge in [-0.1, -0.05) is 0 Å². The minimum Gasteiger partial charge on any atom is -0.496 e. The first-order valence-corrected chi connectivity index (χ1v) is 6.33. The zero-order valence-electron chi connectivity index (χ0n) is 9.74. The lowest BCUT2D eigenvalue weighted by molar-refractivity contribution is -0.269. The standard InChI is InChI=1S/C12H16BrNO3/c1-15-11-4-3-9(7-10(11)13)12(8-14)16-5-2-6-17-12/h3-4,7H,2,5-6,8,14H2,1H3. The molecule has 1 saturated heterocycles. The molecule has 0 amide bonds. The lowest BCUT2D eigenvalue weighted by Crippen LogP contribution is -2.44. The first-order chi connectivity index (χ1) is 8.22. The maximum absolute atomic E-state index is 5.79. The maximum Gasteiger partial charge on any atom is 0.207 e. The molecule has 94 valence electrons. The number of hydrogen-bond acceptors (Lipinski definition) is 4. The Morgan fingerprint density at radius 2 is 2.12 bits per heavy atom. The molecule has 4 nitrogen and oxygen atoms in total. The summed E-state index contributed by atoms with van der Waals surface area (Å²) in [5.74, 6) is -0.0377. The third kappa shape index (κ3) is 2.47. The fourth-order valence-corrected chi connectivity index (χ4v) is 2.42. The minimum absolute atomic E-state index is 0.297. The molecule has 0 saturated carbocycles. The van der Waals surface area contributed by atoms with Gasteiger partial charge in [0.15, 0.2) is 0 Å². The average molecular weight is 302 g/mol. The lowest BCUT2D eigenvalue weighted by Gasteiger charge is -2.36. The van der Waals surface area contributed by atoms with Crippen LogP contribution in [-0.2, 0) is 15.3 Å². The predicted molar refractivity (Wildman–Crippen MR) is 67.9 cm³/mol. The van der Waals surface area contributed by atoms with Crippen LogP contribution in [0.1, 0.15) is 12.0 Å². The van der Waals surface area contributed by atoms with E-state index in [1.807, 2.05) is 18.2 Å². The molecule has 0 spiro atoms. The zero-order valence-corrected chi connectivity index (χ0v) is 11.3. The van der Waals surface area contributed by atoms with Crippen molar-refractivity contribution in [1.29, 1.82) is 0 Å². The molecule has 2 N–H and O–H groups in total. The van der Waals surface area contributed by atoms with E-state index in [-0.39, 0.29) is 0 Å². The van der Waals surface area contributed by atoms with E-state index in [1.165, 1.54) is 0 Å². The fourth-order valence-electron chi connectivity index (χ4n) is 1.88. The SMILES string of the molecule is COc1ccc(C2(CN)OCCCO2)cc1Br. The van der Waals surface area contributed by atoms with Crippen molar-refractivity contribution in [3.05, 3.63) is 28.2 Å². The molecule has 0 aliphatic carbocycles. The van der Waals surface area contributed by atoms with E-state index in [2.05, 4.69) is 15.9 Å². The predicted octanol–water partition coefficient (Wildman–Crippen LogP) is 2.01. The first kappa shape index (κ1) is 12.8. The quantitative estimate of drug-likeness (QED) is 0.928. The lowest BCUT2D eigenvalue weighted by atomic mass is 10.0. The summed E-state index contributed by atoms with van der Waals surface area (Å²) in [6.45, 7) is 1.63. The number of nitrogens with two attached hydrogens (primary N) is 1. The second-order valence-electron chi connectivity index (χ2n) is 3.86. The van der Waals surface area contributed by atoms with E-state index in [0.717, 1.165) is 22.2 Å². The molecule has 17 heavy (non-hydrogen) atoms. The molecule has 0 atom stereocenters. The van der Waals surface area contributed by atoms with Crippen molar-refractivity contribution in [3.63, 3.8) is 0 Å². The summed E-state index contributed by atoms with van der Waals surface area (Å²) in [5.41, 5.74) is 6.70. The number of methoxy groups -OCH3 is 1. The summed E-state index contributed by atoms with van der Waals surface area (Å²) in [5, 5.41) is 0. The maximum atomic E-state index is 5.79. The number of halogens is 1. The minimum atomic E-state index is -0.812. The number of hydrogen-bond donors (Lipinski definition) is 1. The summed E-state index contributed by atoms with van der Waals surface area (Å²) in [6.07, 6.45) is 0.902. The molecule has 0 bridgehead atoms. The Kier molecular flexibility index (Phi) is 4.04. The van der Waals surface area contributed by atoms with E-state index in [9.17, 15) is 0 Å². The van der Waals surface area contributed by atoms with Crippen LogP contribution in [0.2, 0.25) is 0 Å². The van der Waals surface area contributed by atoms with Crippen LogP contribution in [0, 0.1) is 0 Å². The molecule has 1 fully saturated rings. The van der Waals surface area contributed by atoms with Crippen molar-refractivity contribution in [1.82, 2.24) is 0 Å². The van der Waals surface area contributed by atoms with Crippen LogP contribution in [-0.4, -0.2) is 26.9 Å². The largest absolute Gasteiger partial charge is 0.496 e. The normalized spacial score (nSPS) is 19.0. The number of rotatable bonds is 3. The van der Waals surface area contributed by atoms with Crippen LogP contribution in [0.4, 0.5) is 0 Å². The molecule has 1 aromatic rings. The highest BCUT2D eigenvalue weighted by atomic mass is 79.9. The van der Waals surface area contributed by atoms with Gasteiger partial charge in [-0.05, 0) is 40.5 Å². The Hall–Kier alpha value is -0.620. The summed E-state index contributed by atoms with van der Waals surface area (Å²) in [7, 11) is 1.63. The van der Waals surface area contributed by atoms with Gasteiger partial charge < -0.3 is 19.9 Å². The van der Waals surface area contributed by atoms with Crippen LogP contribution >= 0.6 is 15.9 Å². The topological polar surface area (TPSA) is 53.7 Å². The van der Waals surface area contributed by atoms with Gasteiger partial charge in [0, 0.05) is 5.56 Å². The monoisotopic (exact) mass is 301 g/mol. The summed E-state index contributed by atoms with van der Waals surface area (Å²) in [4.78, 5) is 0. The molecule has 0 unspecified atom stereocenters. The highest BCUT2D eigenvalue weighted by molar-refractivity contribution is 9.10. The highest BCUT2D eigenvalue weighted by Gasteiger charge is 2.35. The average Bonchev–Trinajstić information content (AvgIpc) is 2.39. The van der Waals surface area contributed by atoms with Gasteiger partial charge in [-0.3, -0.25) is 0 Å². The van der Waals surface area contributed by atoms with Crippen molar-refractivity contribution in [2.24, 2.45) is 5.73 Å². The van der Waals surface area contributed by atoms with E-state index < -0.39 is 5.79 Å². The van der Waals surface area contributed by atoms with E-state index in [4.69, 9.17) is 19.9 Å². The third-order valence-corrected chi connectivity index (χ3v) is 3.44. The second-order valence-corrected chi connectivity index (χ2v) is 4.71. The smallest absolute Gasteiger partial charge is 0.207 e. The summed E-state index contributed by atoms with van der Waals surface area (Å²) < 4.78 is 17.5. The molecule has 0 radical (unpaired) electrons. The second kappa shape index (κ2) is 5.35. The molecular weight excluding hydrogens is 286 g/mol. The van der Waals surface area contributed by atoms with Crippen LogP contribution in [0.25, 0.3) is 0 Å². The molecule has 1 aliphatic heterocycles. The third-order valence-electron chi connectivity index (χ3n) is 2.82. The molecule has 1 heterocycles. The van der Waals surface area contributed by atoms with E-state index in [1.54, 1.807) is 7.11 Å². The van der Waals surface area contributed by atoms with Crippen molar-refractivity contribution in [2.75, 3.05) is 26.9 Å². The molecule has 1 aromatic carbocycles. The molecule has 5 heteroatoms. The van der Waals surface area contributed by atoms with Gasteiger partial charge in [0.25, 0.3) is 0 Å². The van der Waals surface area contributed by atoms with Crippen molar-refractivity contribution in [2.45, 2.75) is 12.2 Å². The molecular formula is C12H16BrNO3.